The minimum absolute atomic E-state index is 0.0303. The highest BCUT2D eigenvalue weighted by molar-refractivity contribution is 6.20. The van der Waals surface area contributed by atoms with Crippen molar-refractivity contribution < 1.29 is 13.5 Å². The summed E-state index contributed by atoms with van der Waals surface area (Å²) in [5.74, 6) is -1.38. The molecule has 0 aliphatic heterocycles. The number of anilines is 1. The molecule has 0 aromatic carbocycles. The summed E-state index contributed by atoms with van der Waals surface area (Å²) in [6.45, 7) is 0.885. The molecule has 1 aromatic heterocycles. The Kier molecular flexibility index (Phi) is 5.42. The van der Waals surface area contributed by atoms with Gasteiger partial charge in [-0.05, 0) is 6.42 Å². The lowest BCUT2D eigenvalue weighted by molar-refractivity contribution is 0.196. The van der Waals surface area contributed by atoms with E-state index in [1.807, 2.05) is 0 Å². The molecule has 0 fully saturated rings. The topological polar surface area (TPSA) is 34.1 Å². The van der Waals surface area contributed by atoms with Crippen molar-refractivity contribution in [3.8, 4) is 0 Å². The molecule has 1 heterocycles. The van der Waals surface area contributed by atoms with Crippen LogP contribution in [0.2, 0.25) is 0 Å². The quantitative estimate of drug-likeness (QED) is 0.788. The SMILES string of the molecule is COCC(Cl)CCNc1ncc(F)cc1F. The Morgan fingerprint density at radius 2 is 2.31 bits per heavy atom. The first kappa shape index (κ1) is 13.1. The van der Waals surface area contributed by atoms with Crippen LogP contribution in [0.5, 0.6) is 0 Å². The monoisotopic (exact) mass is 250 g/mol. The average Bonchev–Trinajstić information content (AvgIpc) is 2.22. The molecule has 0 spiro atoms. The van der Waals surface area contributed by atoms with Crippen molar-refractivity contribution >= 4 is 17.4 Å². The molecule has 0 saturated heterocycles. The molecule has 1 aromatic rings. The molecule has 0 bridgehead atoms. The maximum absolute atomic E-state index is 13.1. The predicted molar refractivity (Wildman–Crippen MR) is 58.8 cm³/mol. The third-order valence-corrected chi connectivity index (χ3v) is 2.25. The van der Waals surface area contributed by atoms with Crippen LogP contribution >= 0.6 is 11.6 Å². The van der Waals surface area contributed by atoms with Crippen LogP contribution in [0.25, 0.3) is 0 Å². The molecule has 0 saturated carbocycles. The van der Waals surface area contributed by atoms with Gasteiger partial charge in [0.2, 0.25) is 0 Å². The molecule has 6 heteroatoms. The van der Waals surface area contributed by atoms with Gasteiger partial charge in [0.05, 0.1) is 18.2 Å². The fraction of sp³-hybridized carbons (Fsp3) is 0.500. The lowest BCUT2D eigenvalue weighted by Gasteiger charge is -2.09. The van der Waals surface area contributed by atoms with E-state index >= 15 is 0 Å². The number of nitrogens with one attached hydrogen (secondary N) is 1. The molecule has 16 heavy (non-hydrogen) atoms. The van der Waals surface area contributed by atoms with Gasteiger partial charge in [-0.1, -0.05) is 0 Å². The second kappa shape index (κ2) is 6.60. The summed E-state index contributed by atoms with van der Waals surface area (Å²) in [6, 6.07) is 0.780. The van der Waals surface area contributed by atoms with Crippen molar-refractivity contribution in [3.05, 3.63) is 23.9 Å². The smallest absolute Gasteiger partial charge is 0.168 e. The molecule has 1 rings (SSSR count). The van der Waals surface area contributed by atoms with Gasteiger partial charge < -0.3 is 10.1 Å². The molecule has 1 atom stereocenters. The highest BCUT2D eigenvalue weighted by atomic mass is 35.5. The van der Waals surface area contributed by atoms with Crippen molar-refractivity contribution in [1.82, 2.24) is 4.98 Å². The molecule has 0 radical (unpaired) electrons. The molecule has 3 nitrogen and oxygen atoms in total. The average molecular weight is 251 g/mol. The molecule has 0 amide bonds. The van der Waals surface area contributed by atoms with Gasteiger partial charge in [-0.2, -0.15) is 0 Å². The summed E-state index contributed by atoms with van der Waals surface area (Å²) in [5, 5.41) is 2.60. The number of hydrogen-bond acceptors (Lipinski definition) is 3. The Balaban J connectivity index is 2.37. The molecule has 0 aliphatic carbocycles. The van der Waals surface area contributed by atoms with Gasteiger partial charge in [0.1, 0.15) is 5.82 Å². The number of hydrogen-bond donors (Lipinski definition) is 1. The summed E-state index contributed by atoms with van der Waals surface area (Å²) in [4.78, 5) is 3.59. The predicted octanol–water partition coefficient (Wildman–Crippen LogP) is 2.42. The minimum atomic E-state index is -0.710. The molecule has 90 valence electrons. The molecule has 0 aliphatic rings. The standard InChI is InChI=1S/C10H13ClF2N2O/c1-16-6-7(11)2-3-14-10-9(13)4-8(12)5-15-10/h4-5,7H,2-3,6H2,1H3,(H,14,15). The first-order valence-electron chi connectivity index (χ1n) is 4.81. The van der Waals surface area contributed by atoms with E-state index in [9.17, 15) is 8.78 Å². The van der Waals surface area contributed by atoms with E-state index in [1.54, 1.807) is 7.11 Å². The Hall–Kier alpha value is -0.940. The number of alkyl halides is 1. The van der Waals surface area contributed by atoms with Crippen LogP contribution < -0.4 is 5.32 Å². The van der Waals surface area contributed by atoms with Gasteiger partial charge in [0.25, 0.3) is 0 Å². The number of nitrogens with zero attached hydrogens (tertiary/aromatic N) is 1. The molecular weight excluding hydrogens is 238 g/mol. The largest absolute Gasteiger partial charge is 0.383 e. The van der Waals surface area contributed by atoms with Gasteiger partial charge in [-0.15, -0.1) is 11.6 Å². The van der Waals surface area contributed by atoms with Crippen LogP contribution in [0.3, 0.4) is 0 Å². The highest BCUT2D eigenvalue weighted by Gasteiger charge is 2.07. The van der Waals surface area contributed by atoms with Gasteiger partial charge in [-0.3, -0.25) is 0 Å². The Bertz CT molecular complexity index is 339. The van der Waals surface area contributed by atoms with E-state index in [0.29, 0.717) is 19.6 Å². The van der Waals surface area contributed by atoms with Crippen molar-refractivity contribution in [3.63, 3.8) is 0 Å². The maximum Gasteiger partial charge on any atom is 0.168 e. The number of aromatic nitrogens is 1. The molecule has 1 unspecified atom stereocenters. The lowest BCUT2D eigenvalue weighted by Crippen LogP contribution is -2.14. The Morgan fingerprint density at radius 3 is 2.94 bits per heavy atom. The normalized spacial score (nSPS) is 12.5. The first-order chi connectivity index (χ1) is 7.63. The van der Waals surface area contributed by atoms with Gasteiger partial charge in [0.15, 0.2) is 11.6 Å². The van der Waals surface area contributed by atoms with Crippen LogP contribution in [0, 0.1) is 11.6 Å². The number of ether oxygens (including phenoxy) is 1. The second-order valence-electron chi connectivity index (χ2n) is 3.25. The summed E-state index contributed by atoms with van der Waals surface area (Å²) < 4.78 is 30.5. The van der Waals surface area contributed by atoms with Crippen molar-refractivity contribution in [2.75, 3.05) is 25.6 Å². The Labute approximate surface area is 97.8 Å². The van der Waals surface area contributed by atoms with Crippen molar-refractivity contribution in [2.24, 2.45) is 0 Å². The second-order valence-corrected chi connectivity index (χ2v) is 3.87. The first-order valence-corrected chi connectivity index (χ1v) is 5.25. The number of pyridine rings is 1. The van der Waals surface area contributed by atoms with Crippen LogP contribution in [0.1, 0.15) is 6.42 Å². The third-order valence-electron chi connectivity index (χ3n) is 1.91. The zero-order chi connectivity index (χ0) is 12.0. The van der Waals surface area contributed by atoms with Crippen LogP contribution in [0.15, 0.2) is 12.3 Å². The fourth-order valence-corrected chi connectivity index (χ4v) is 1.39. The zero-order valence-corrected chi connectivity index (χ0v) is 9.60. The number of rotatable bonds is 6. The fourth-order valence-electron chi connectivity index (χ4n) is 1.16. The summed E-state index contributed by atoms with van der Waals surface area (Å²) in [6.07, 6.45) is 1.56. The van der Waals surface area contributed by atoms with Crippen molar-refractivity contribution in [1.29, 1.82) is 0 Å². The van der Waals surface area contributed by atoms with Crippen LogP contribution in [0.4, 0.5) is 14.6 Å². The lowest BCUT2D eigenvalue weighted by atomic mass is 10.3. The van der Waals surface area contributed by atoms with Crippen molar-refractivity contribution in [2.45, 2.75) is 11.8 Å². The Morgan fingerprint density at radius 1 is 1.56 bits per heavy atom. The highest BCUT2D eigenvalue weighted by Crippen LogP contribution is 2.11. The number of halogens is 3. The zero-order valence-electron chi connectivity index (χ0n) is 8.84. The van der Waals surface area contributed by atoms with Gasteiger partial charge in [-0.25, -0.2) is 13.8 Å². The van der Waals surface area contributed by atoms with E-state index < -0.39 is 11.6 Å². The van der Waals surface area contributed by atoms with Gasteiger partial charge in [0, 0.05) is 19.7 Å². The summed E-state index contributed by atoms with van der Waals surface area (Å²) in [5.41, 5.74) is 0. The third kappa shape index (κ3) is 4.28. The van der Waals surface area contributed by atoms with Crippen LogP contribution in [-0.4, -0.2) is 30.6 Å². The van der Waals surface area contributed by atoms with E-state index in [0.717, 1.165) is 12.3 Å². The summed E-state index contributed by atoms with van der Waals surface area (Å²) in [7, 11) is 1.56. The minimum Gasteiger partial charge on any atom is -0.383 e. The summed E-state index contributed by atoms with van der Waals surface area (Å²) >= 11 is 5.87. The number of methoxy groups -OCH3 is 1. The van der Waals surface area contributed by atoms with E-state index in [4.69, 9.17) is 16.3 Å². The van der Waals surface area contributed by atoms with E-state index in [-0.39, 0.29) is 11.2 Å². The van der Waals surface area contributed by atoms with E-state index in [1.165, 1.54) is 0 Å². The molecule has 1 N–H and O–H groups in total. The maximum atomic E-state index is 13.1. The molecular formula is C10H13ClF2N2O. The van der Waals surface area contributed by atoms with Gasteiger partial charge >= 0.3 is 0 Å². The van der Waals surface area contributed by atoms with E-state index in [2.05, 4.69) is 10.3 Å². The van der Waals surface area contributed by atoms with Crippen LogP contribution in [-0.2, 0) is 4.74 Å².